The Balaban J connectivity index is 2.02. The van der Waals surface area contributed by atoms with E-state index in [1.807, 2.05) is 4.68 Å². The van der Waals surface area contributed by atoms with Crippen LogP contribution in [0.4, 0.5) is 0 Å². The lowest BCUT2D eigenvalue weighted by molar-refractivity contribution is 0.419. The van der Waals surface area contributed by atoms with Crippen LogP contribution < -0.4 is 5.32 Å². The first-order valence-corrected chi connectivity index (χ1v) is 7.16. The van der Waals surface area contributed by atoms with Crippen LogP contribution in [0.25, 0.3) is 0 Å². The van der Waals surface area contributed by atoms with Crippen molar-refractivity contribution in [1.82, 2.24) is 15.1 Å². The lowest BCUT2D eigenvalue weighted by atomic mass is 10.1. The molecule has 0 spiro atoms. The van der Waals surface area contributed by atoms with Gasteiger partial charge in [-0.1, -0.05) is 29.3 Å². The third-order valence-electron chi connectivity index (χ3n) is 3.12. The highest BCUT2D eigenvalue weighted by atomic mass is 15.3. The molecule has 2 aromatic rings. The van der Waals surface area contributed by atoms with Gasteiger partial charge in [0.2, 0.25) is 0 Å². The van der Waals surface area contributed by atoms with Crippen molar-refractivity contribution >= 4 is 0 Å². The van der Waals surface area contributed by atoms with Gasteiger partial charge in [0.15, 0.2) is 0 Å². The van der Waals surface area contributed by atoms with Gasteiger partial charge in [-0.2, -0.15) is 5.10 Å². The molecule has 0 amide bonds. The van der Waals surface area contributed by atoms with E-state index in [0.29, 0.717) is 0 Å². The number of hydrogen-bond donors (Lipinski definition) is 1. The average molecular weight is 271 g/mol. The Morgan fingerprint density at radius 2 is 1.75 bits per heavy atom. The van der Waals surface area contributed by atoms with Gasteiger partial charge >= 0.3 is 0 Å². The first kappa shape index (κ1) is 14.8. The van der Waals surface area contributed by atoms with E-state index in [0.717, 1.165) is 18.8 Å². The van der Waals surface area contributed by atoms with Crippen molar-refractivity contribution in [2.24, 2.45) is 0 Å². The van der Waals surface area contributed by atoms with Crippen LogP contribution in [0, 0.1) is 13.8 Å². The number of nitrogens with one attached hydrogen (secondary N) is 1. The summed E-state index contributed by atoms with van der Waals surface area (Å²) in [6.45, 7) is 12.4. The highest BCUT2D eigenvalue weighted by molar-refractivity contribution is 5.28. The molecule has 3 heteroatoms. The Morgan fingerprint density at radius 1 is 1.10 bits per heavy atom. The van der Waals surface area contributed by atoms with Crippen LogP contribution in [0.15, 0.2) is 30.5 Å². The van der Waals surface area contributed by atoms with E-state index >= 15 is 0 Å². The molecule has 1 aromatic carbocycles. The number of aromatic nitrogens is 2. The Morgan fingerprint density at radius 3 is 2.35 bits per heavy atom. The maximum atomic E-state index is 4.62. The van der Waals surface area contributed by atoms with Crippen LogP contribution in [0.5, 0.6) is 0 Å². The maximum Gasteiger partial charge on any atom is 0.0762 e. The fourth-order valence-corrected chi connectivity index (χ4v) is 2.29. The van der Waals surface area contributed by atoms with E-state index in [4.69, 9.17) is 0 Å². The van der Waals surface area contributed by atoms with Crippen molar-refractivity contribution in [1.29, 1.82) is 0 Å². The minimum Gasteiger partial charge on any atom is -0.306 e. The molecule has 1 N–H and O–H groups in total. The summed E-state index contributed by atoms with van der Waals surface area (Å²) >= 11 is 0. The van der Waals surface area contributed by atoms with Gasteiger partial charge in [-0.15, -0.1) is 0 Å². The fraction of sp³-hybridized carbons (Fsp3) is 0.471. The summed E-state index contributed by atoms with van der Waals surface area (Å²) in [6, 6.07) is 8.73. The van der Waals surface area contributed by atoms with Gasteiger partial charge in [-0.05, 0) is 46.2 Å². The Kier molecular flexibility index (Phi) is 4.29. The van der Waals surface area contributed by atoms with Gasteiger partial charge in [0.25, 0.3) is 0 Å². The highest BCUT2D eigenvalue weighted by Gasteiger charge is 2.09. The minimum absolute atomic E-state index is 0.122. The van der Waals surface area contributed by atoms with Crippen molar-refractivity contribution < 1.29 is 0 Å². The zero-order chi connectivity index (χ0) is 14.8. The lowest BCUT2D eigenvalue weighted by Crippen LogP contribution is -2.35. The van der Waals surface area contributed by atoms with Crippen LogP contribution in [-0.2, 0) is 13.1 Å². The molecule has 0 bridgehead atoms. The highest BCUT2D eigenvalue weighted by Crippen LogP contribution is 2.10. The SMILES string of the molecule is Cc1cc(C)cc(Cn2ccc(CNC(C)(C)C)n2)c1. The van der Waals surface area contributed by atoms with Crippen LogP contribution >= 0.6 is 0 Å². The number of benzene rings is 1. The second-order valence-corrected chi connectivity index (χ2v) is 6.60. The molecule has 0 saturated heterocycles. The summed E-state index contributed by atoms with van der Waals surface area (Å²) in [5.74, 6) is 0. The second-order valence-electron chi connectivity index (χ2n) is 6.60. The van der Waals surface area contributed by atoms with Crippen molar-refractivity contribution in [3.8, 4) is 0 Å². The number of hydrogen-bond acceptors (Lipinski definition) is 2. The summed E-state index contributed by atoms with van der Waals surface area (Å²) in [5, 5.41) is 8.08. The summed E-state index contributed by atoms with van der Waals surface area (Å²) in [5.41, 5.74) is 5.13. The Bertz CT molecular complexity index is 556. The van der Waals surface area contributed by atoms with Gasteiger partial charge in [0.05, 0.1) is 12.2 Å². The monoisotopic (exact) mass is 271 g/mol. The molecule has 20 heavy (non-hydrogen) atoms. The Hall–Kier alpha value is -1.61. The molecule has 0 fully saturated rings. The molecule has 2 rings (SSSR count). The molecule has 3 nitrogen and oxygen atoms in total. The summed E-state index contributed by atoms with van der Waals surface area (Å²) < 4.78 is 2.01. The molecule has 0 aliphatic rings. The van der Waals surface area contributed by atoms with Gasteiger partial charge in [-0.3, -0.25) is 4.68 Å². The molecule has 0 saturated carbocycles. The molecule has 1 heterocycles. The topological polar surface area (TPSA) is 29.9 Å². The fourth-order valence-electron chi connectivity index (χ4n) is 2.29. The van der Waals surface area contributed by atoms with Crippen molar-refractivity contribution in [3.05, 3.63) is 52.8 Å². The molecular weight excluding hydrogens is 246 g/mol. The molecular formula is C17H25N3. The maximum absolute atomic E-state index is 4.62. The van der Waals surface area contributed by atoms with E-state index in [-0.39, 0.29) is 5.54 Å². The molecule has 0 atom stereocenters. The van der Waals surface area contributed by atoms with E-state index in [1.54, 1.807) is 0 Å². The zero-order valence-corrected chi connectivity index (χ0v) is 13.2. The quantitative estimate of drug-likeness (QED) is 0.923. The van der Waals surface area contributed by atoms with E-state index in [2.05, 4.69) is 75.5 Å². The average Bonchev–Trinajstić information content (AvgIpc) is 2.72. The summed E-state index contributed by atoms with van der Waals surface area (Å²) in [7, 11) is 0. The normalized spacial score (nSPS) is 11.8. The summed E-state index contributed by atoms with van der Waals surface area (Å²) in [4.78, 5) is 0. The van der Waals surface area contributed by atoms with Crippen molar-refractivity contribution in [3.63, 3.8) is 0 Å². The van der Waals surface area contributed by atoms with Crippen LogP contribution in [0.3, 0.4) is 0 Å². The largest absolute Gasteiger partial charge is 0.306 e. The van der Waals surface area contributed by atoms with Crippen molar-refractivity contribution in [2.75, 3.05) is 0 Å². The predicted molar refractivity (Wildman–Crippen MR) is 83.8 cm³/mol. The molecule has 0 aliphatic heterocycles. The zero-order valence-electron chi connectivity index (χ0n) is 13.2. The van der Waals surface area contributed by atoms with Crippen LogP contribution in [0.2, 0.25) is 0 Å². The predicted octanol–water partition coefficient (Wildman–Crippen LogP) is 3.44. The lowest BCUT2D eigenvalue weighted by Gasteiger charge is -2.19. The van der Waals surface area contributed by atoms with E-state index in [9.17, 15) is 0 Å². The third-order valence-corrected chi connectivity index (χ3v) is 3.12. The van der Waals surface area contributed by atoms with Crippen LogP contribution in [0.1, 0.15) is 43.2 Å². The number of rotatable bonds is 4. The molecule has 108 valence electrons. The third kappa shape index (κ3) is 4.49. The minimum atomic E-state index is 0.122. The number of aryl methyl sites for hydroxylation is 2. The van der Waals surface area contributed by atoms with Crippen LogP contribution in [-0.4, -0.2) is 15.3 Å². The molecule has 0 unspecified atom stereocenters. The standard InChI is InChI=1S/C17H25N3/c1-13-8-14(2)10-15(9-13)12-20-7-6-16(19-20)11-18-17(3,4)5/h6-10,18H,11-12H2,1-5H3. The molecule has 1 aromatic heterocycles. The first-order valence-electron chi connectivity index (χ1n) is 7.16. The van der Waals surface area contributed by atoms with E-state index < -0.39 is 0 Å². The van der Waals surface area contributed by atoms with Gasteiger partial charge in [0, 0.05) is 18.3 Å². The van der Waals surface area contributed by atoms with Crippen molar-refractivity contribution in [2.45, 2.75) is 53.2 Å². The van der Waals surface area contributed by atoms with Gasteiger partial charge < -0.3 is 5.32 Å². The molecule has 0 radical (unpaired) electrons. The first-order chi connectivity index (χ1) is 9.32. The summed E-state index contributed by atoms with van der Waals surface area (Å²) in [6.07, 6.45) is 2.05. The number of nitrogens with zero attached hydrogens (tertiary/aromatic N) is 2. The Labute approximate surface area is 122 Å². The van der Waals surface area contributed by atoms with Gasteiger partial charge in [0.1, 0.15) is 0 Å². The van der Waals surface area contributed by atoms with Gasteiger partial charge in [-0.25, -0.2) is 0 Å². The second kappa shape index (κ2) is 5.80. The molecule has 0 aliphatic carbocycles. The smallest absolute Gasteiger partial charge is 0.0762 e. The van der Waals surface area contributed by atoms with E-state index in [1.165, 1.54) is 16.7 Å².